The number of carbonyl (C=O) groups excluding carboxylic acids is 1. The van der Waals surface area contributed by atoms with Crippen LogP contribution < -0.4 is 9.64 Å². The van der Waals surface area contributed by atoms with E-state index in [1.807, 2.05) is 19.1 Å². The Morgan fingerprint density at radius 1 is 1.21 bits per heavy atom. The topological polar surface area (TPSA) is 74.3 Å². The van der Waals surface area contributed by atoms with E-state index in [4.69, 9.17) is 4.74 Å². The second-order valence-electron chi connectivity index (χ2n) is 7.00. The summed E-state index contributed by atoms with van der Waals surface area (Å²) in [7, 11) is 0. The number of carbonyl (C=O) groups is 1. The summed E-state index contributed by atoms with van der Waals surface area (Å²) in [4.78, 5) is 20.8. The molecule has 4 heterocycles. The normalized spacial score (nSPS) is 15.4. The number of benzene rings is 1. The monoisotopic (exact) mass is 379 g/mol. The van der Waals surface area contributed by atoms with E-state index >= 15 is 0 Å². The number of hydrogen-bond acceptors (Lipinski definition) is 4. The van der Waals surface area contributed by atoms with Gasteiger partial charge in [0.05, 0.1) is 11.9 Å². The summed E-state index contributed by atoms with van der Waals surface area (Å²) < 4.78 is 19.0. The number of anilines is 1. The number of halogens is 1. The van der Waals surface area contributed by atoms with Crippen LogP contribution in [0.5, 0.6) is 5.88 Å². The van der Waals surface area contributed by atoms with E-state index in [2.05, 4.69) is 15.2 Å². The van der Waals surface area contributed by atoms with Crippen molar-refractivity contribution in [3.05, 3.63) is 59.2 Å². The van der Waals surface area contributed by atoms with Gasteiger partial charge in [0, 0.05) is 30.8 Å². The number of fused-ring (bicyclic) bond motifs is 3. The molecule has 28 heavy (non-hydrogen) atoms. The molecular formula is C20H18FN5O2. The zero-order chi connectivity index (χ0) is 19.3. The summed E-state index contributed by atoms with van der Waals surface area (Å²) in [6.07, 6.45) is 1.76. The molecule has 0 spiro atoms. The zero-order valence-corrected chi connectivity index (χ0v) is 15.3. The van der Waals surface area contributed by atoms with Crippen LogP contribution in [0, 0.1) is 12.7 Å². The van der Waals surface area contributed by atoms with Gasteiger partial charge in [0.25, 0.3) is 0 Å². The number of nitrogens with zero attached hydrogens (tertiary/aromatic N) is 4. The van der Waals surface area contributed by atoms with Crippen LogP contribution in [0.1, 0.15) is 16.8 Å². The molecule has 2 aromatic heterocycles. The van der Waals surface area contributed by atoms with Gasteiger partial charge >= 0.3 is 6.03 Å². The quantitative estimate of drug-likeness (QED) is 0.758. The molecule has 0 radical (unpaired) electrons. The van der Waals surface area contributed by atoms with Crippen LogP contribution in [0.4, 0.5) is 15.0 Å². The molecule has 2 aliphatic rings. The molecule has 1 N–H and O–H groups in total. The van der Waals surface area contributed by atoms with E-state index in [0.29, 0.717) is 37.9 Å². The van der Waals surface area contributed by atoms with E-state index in [-0.39, 0.29) is 11.8 Å². The Hall–Kier alpha value is -3.42. The number of aromatic amines is 1. The third kappa shape index (κ3) is 2.69. The molecule has 1 saturated heterocycles. The zero-order valence-electron chi connectivity index (χ0n) is 15.3. The number of aryl methyl sites for hydroxylation is 1. The van der Waals surface area contributed by atoms with Gasteiger partial charge in [-0.15, -0.1) is 0 Å². The van der Waals surface area contributed by atoms with Crippen LogP contribution >= 0.6 is 0 Å². The summed E-state index contributed by atoms with van der Waals surface area (Å²) in [5.41, 5.74) is 4.53. The summed E-state index contributed by atoms with van der Waals surface area (Å²) in [6.45, 7) is 3.80. The van der Waals surface area contributed by atoms with Crippen molar-refractivity contribution in [2.24, 2.45) is 0 Å². The van der Waals surface area contributed by atoms with Gasteiger partial charge in [-0.2, -0.15) is 10.1 Å². The third-order valence-electron chi connectivity index (χ3n) is 5.24. The molecular weight excluding hydrogens is 361 g/mol. The fourth-order valence-electron chi connectivity index (χ4n) is 3.68. The van der Waals surface area contributed by atoms with Crippen molar-refractivity contribution in [2.45, 2.75) is 20.1 Å². The number of ether oxygens (including phenoxy) is 1. The first-order valence-corrected chi connectivity index (χ1v) is 9.08. The van der Waals surface area contributed by atoms with Crippen LogP contribution in [0.25, 0.3) is 11.1 Å². The Morgan fingerprint density at radius 3 is 2.96 bits per heavy atom. The minimum atomic E-state index is -0.269. The Bertz CT molecular complexity index is 1080. The molecule has 7 nitrogen and oxygen atoms in total. The molecule has 1 fully saturated rings. The average molecular weight is 379 g/mol. The van der Waals surface area contributed by atoms with Gasteiger partial charge in [0.2, 0.25) is 5.88 Å². The summed E-state index contributed by atoms with van der Waals surface area (Å²) in [5.74, 6) is 0.802. The number of urea groups is 1. The van der Waals surface area contributed by atoms with Crippen molar-refractivity contribution < 1.29 is 13.9 Å². The first-order chi connectivity index (χ1) is 13.6. The van der Waals surface area contributed by atoms with Crippen LogP contribution in [-0.4, -0.2) is 39.2 Å². The van der Waals surface area contributed by atoms with Crippen LogP contribution in [0.3, 0.4) is 0 Å². The largest absolute Gasteiger partial charge is 0.471 e. The molecule has 5 rings (SSSR count). The Balaban J connectivity index is 1.37. The average Bonchev–Trinajstić information content (AvgIpc) is 3.30. The maximum Gasteiger partial charge on any atom is 0.326 e. The fourth-order valence-corrected chi connectivity index (χ4v) is 3.68. The summed E-state index contributed by atoms with van der Waals surface area (Å²) in [6, 6.07) is 8.26. The second kappa shape index (κ2) is 6.33. The maximum atomic E-state index is 13.3. The maximum absolute atomic E-state index is 13.3. The van der Waals surface area contributed by atoms with Crippen molar-refractivity contribution in [2.75, 3.05) is 18.0 Å². The molecule has 142 valence electrons. The van der Waals surface area contributed by atoms with Gasteiger partial charge in [-0.25, -0.2) is 9.18 Å². The van der Waals surface area contributed by atoms with E-state index in [1.165, 1.54) is 12.1 Å². The second-order valence-corrected chi connectivity index (χ2v) is 7.00. The Labute approximate surface area is 160 Å². The van der Waals surface area contributed by atoms with Crippen molar-refractivity contribution in [3.63, 3.8) is 0 Å². The lowest BCUT2D eigenvalue weighted by molar-refractivity contribution is 0.218. The first-order valence-electron chi connectivity index (χ1n) is 9.08. The van der Waals surface area contributed by atoms with Crippen molar-refractivity contribution >= 4 is 11.8 Å². The minimum Gasteiger partial charge on any atom is -0.471 e. The Kier molecular flexibility index (Phi) is 3.78. The number of rotatable bonds is 3. The number of amides is 2. The summed E-state index contributed by atoms with van der Waals surface area (Å²) >= 11 is 0. The number of aromatic nitrogens is 3. The lowest BCUT2D eigenvalue weighted by atomic mass is 10.1. The Morgan fingerprint density at radius 2 is 2.11 bits per heavy atom. The molecule has 1 aromatic carbocycles. The minimum absolute atomic E-state index is 0.115. The highest BCUT2D eigenvalue weighted by molar-refractivity contribution is 5.93. The SMILES string of the molecule is Cc1cc(F)ccc1CN1CCN(c2ccc3c(n2)OCc2[nH]ncc2-3)C1=O. The van der Waals surface area contributed by atoms with Gasteiger partial charge in [-0.1, -0.05) is 6.07 Å². The van der Waals surface area contributed by atoms with Crippen molar-refractivity contribution in [3.8, 4) is 17.0 Å². The first kappa shape index (κ1) is 16.7. The molecule has 3 aromatic rings. The fraction of sp³-hybridized carbons (Fsp3) is 0.250. The van der Waals surface area contributed by atoms with Crippen LogP contribution in [0.15, 0.2) is 36.5 Å². The molecule has 0 aliphatic carbocycles. The van der Waals surface area contributed by atoms with E-state index in [0.717, 1.165) is 27.9 Å². The number of hydrogen-bond donors (Lipinski definition) is 1. The van der Waals surface area contributed by atoms with Gasteiger partial charge in [-0.05, 0) is 42.3 Å². The summed E-state index contributed by atoms with van der Waals surface area (Å²) in [5, 5.41) is 6.96. The van der Waals surface area contributed by atoms with Gasteiger partial charge in [-0.3, -0.25) is 10.00 Å². The predicted molar refractivity (Wildman–Crippen MR) is 100 cm³/mol. The van der Waals surface area contributed by atoms with E-state index in [1.54, 1.807) is 22.1 Å². The number of nitrogens with one attached hydrogen (secondary N) is 1. The molecule has 0 atom stereocenters. The lowest BCUT2D eigenvalue weighted by Crippen LogP contribution is -2.32. The molecule has 0 unspecified atom stereocenters. The van der Waals surface area contributed by atoms with Gasteiger partial charge in [0.1, 0.15) is 18.2 Å². The molecule has 2 aliphatic heterocycles. The highest BCUT2D eigenvalue weighted by Crippen LogP contribution is 2.36. The van der Waals surface area contributed by atoms with Crippen molar-refractivity contribution in [1.29, 1.82) is 0 Å². The third-order valence-corrected chi connectivity index (χ3v) is 5.24. The molecule has 0 bridgehead atoms. The predicted octanol–water partition coefficient (Wildman–Crippen LogP) is 3.25. The standard InChI is InChI=1S/C20H18FN5O2/c1-12-8-14(21)3-2-13(12)10-25-6-7-26(20(25)27)18-5-4-15-16-9-22-24-17(16)11-28-19(15)23-18/h2-5,8-9H,6-7,10-11H2,1H3,(H,22,24). The molecule has 8 heteroatoms. The molecule has 2 amide bonds. The lowest BCUT2D eigenvalue weighted by Gasteiger charge is -2.21. The number of H-pyrrole nitrogens is 1. The van der Waals surface area contributed by atoms with E-state index < -0.39 is 0 Å². The van der Waals surface area contributed by atoms with E-state index in [9.17, 15) is 9.18 Å². The highest BCUT2D eigenvalue weighted by Gasteiger charge is 2.32. The highest BCUT2D eigenvalue weighted by atomic mass is 19.1. The van der Waals surface area contributed by atoms with Crippen molar-refractivity contribution in [1.82, 2.24) is 20.1 Å². The van der Waals surface area contributed by atoms with Gasteiger partial charge < -0.3 is 9.64 Å². The van der Waals surface area contributed by atoms with Gasteiger partial charge in [0.15, 0.2) is 0 Å². The molecule has 0 saturated carbocycles. The van der Waals surface area contributed by atoms with Crippen LogP contribution in [0.2, 0.25) is 0 Å². The van der Waals surface area contributed by atoms with Crippen LogP contribution in [-0.2, 0) is 13.2 Å². The number of pyridine rings is 1. The smallest absolute Gasteiger partial charge is 0.326 e.